The highest BCUT2D eigenvalue weighted by atomic mass is 79.9. The first-order valence-corrected chi connectivity index (χ1v) is 10.9. The van der Waals surface area contributed by atoms with Crippen LogP contribution in [-0.2, 0) is 0 Å². The van der Waals surface area contributed by atoms with Crippen molar-refractivity contribution in [2.45, 2.75) is 0 Å². The first-order valence-electron chi connectivity index (χ1n) is 10.1. The fourth-order valence-corrected chi connectivity index (χ4v) is 4.00. The highest BCUT2D eigenvalue weighted by Gasteiger charge is 2.11. The third-order valence-corrected chi connectivity index (χ3v) is 5.64. The van der Waals surface area contributed by atoms with Crippen LogP contribution in [0.2, 0.25) is 0 Å². The zero-order valence-corrected chi connectivity index (χ0v) is 18.3. The monoisotopic (exact) mass is 462 g/mol. The van der Waals surface area contributed by atoms with Crippen molar-refractivity contribution in [1.82, 2.24) is 9.97 Å². The SMILES string of the molecule is Brc1cccc(-c2cc(-c3cccc(-c4ccccc4)c3)nc(-c3ccccc3)n2)c1. The van der Waals surface area contributed by atoms with Gasteiger partial charge in [0.25, 0.3) is 0 Å². The summed E-state index contributed by atoms with van der Waals surface area (Å²) in [6, 6.07) is 39.3. The van der Waals surface area contributed by atoms with E-state index in [0.29, 0.717) is 0 Å². The molecule has 1 heterocycles. The van der Waals surface area contributed by atoms with Gasteiger partial charge in [0.05, 0.1) is 11.4 Å². The van der Waals surface area contributed by atoms with E-state index in [1.807, 2.05) is 48.5 Å². The Morgan fingerprint density at radius 1 is 0.419 bits per heavy atom. The van der Waals surface area contributed by atoms with Gasteiger partial charge in [0, 0.05) is 21.2 Å². The number of hydrogen-bond donors (Lipinski definition) is 0. The molecule has 31 heavy (non-hydrogen) atoms. The van der Waals surface area contributed by atoms with Crippen LogP contribution in [0.1, 0.15) is 0 Å². The Kier molecular flexibility index (Phi) is 5.42. The van der Waals surface area contributed by atoms with Crippen LogP contribution in [0.5, 0.6) is 0 Å². The number of halogens is 1. The van der Waals surface area contributed by atoms with Gasteiger partial charge in [-0.05, 0) is 35.4 Å². The first-order chi connectivity index (χ1) is 15.3. The number of benzene rings is 4. The van der Waals surface area contributed by atoms with Gasteiger partial charge in [-0.2, -0.15) is 0 Å². The van der Waals surface area contributed by atoms with E-state index in [9.17, 15) is 0 Å². The Morgan fingerprint density at radius 3 is 1.58 bits per heavy atom. The molecule has 0 N–H and O–H groups in total. The van der Waals surface area contributed by atoms with Crippen LogP contribution in [0, 0.1) is 0 Å². The lowest BCUT2D eigenvalue weighted by molar-refractivity contribution is 1.18. The van der Waals surface area contributed by atoms with Gasteiger partial charge in [-0.25, -0.2) is 9.97 Å². The van der Waals surface area contributed by atoms with Gasteiger partial charge in [-0.3, -0.25) is 0 Å². The smallest absolute Gasteiger partial charge is 0.160 e. The van der Waals surface area contributed by atoms with Gasteiger partial charge in [0.15, 0.2) is 5.82 Å². The van der Waals surface area contributed by atoms with Gasteiger partial charge < -0.3 is 0 Å². The predicted octanol–water partition coefficient (Wildman–Crippen LogP) is 7.91. The standard InChI is InChI=1S/C28H19BrN2/c29-25-16-8-15-24(18-25)27-19-26(30-28(31-27)21-11-5-2-6-12-21)23-14-7-13-22(17-23)20-9-3-1-4-10-20/h1-19H. The average molecular weight is 463 g/mol. The van der Waals surface area contributed by atoms with E-state index < -0.39 is 0 Å². The first kappa shape index (κ1) is 19.4. The highest BCUT2D eigenvalue weighted by molar-refractivity contribution is 9.10. The Labute approximate surface area is 190 Å². The Hall–Kier alpha value is -3.56. The van der Waals surface area contributed by atoms with E-state index in [0.717, 1.165) is 38.4 Å². The lowest BCUT2D eigenvalue weighted by atomic mass is 10.0. The van der Waals surface area contributed by atoms with Crippen molar-refractivity contribution in [3.05, 3.63) is 120 Å². The molecular weight excluding hydrogens is 444 g/mol. The summed E-state index contributed by atoms with van der Waals surface area (Å²) < 4.78 is 1.03. The van der Waals surface area contributed by atoms with Gasteiger partial charge in [-0.15, -0.1) is 0 Å². The molecule has 5 aromatic rings. The van der Waals surface area contributed by atoms with Crippen molar-refractivity contribution in [3.8, 4) is 45.0 Å². The second-order valence-electron chi connectivity index (χ2n) is 7.29. The Morgan fingerprint density at radius 2 is 0.935 bits per heavy atom. The van der Waals surface area contributed by atoms with E-state index in [4.69, 9.17) is 9.97 Å². The third kappa shape index (κ3) is 4.32. The maximum absolute atomic E-state index is 4.93. The van der Waals surface area contributed by atoms with Crippen LogP contribution in [-0.4, -0.2) is 9.97 Å². The molecule has 4 aromatic carbocycles. The maximum Gasteiger partial charge on any atom is 0.160 e. The molecule has 0 atom stereocenters. The lowest BCUT2D eigenvalue weighted by Gasteiger charge is -2.11. The molecule has 0 fully saturated rings. The highest BCUT2D eigenvalue weighted by Crippen LogP contribution is 2.30. The molecule has 0 saturated heterocycles. The summed E-state index contributed by atoms with van der Waals surface area (Å²) in [5, 5.41) is 0. The zero-order valence-electron chi connectivity index (χ0n) is 16.7. The predicted molar refractivity (Wildman–Crippen MR) is 131 cm³/mol. The van der Waals surface area contributed by atoms with Crippen LogP contribution in [0.3, 0.4) is 0 Å². The molecule has 0 spiro atoms. The average Bonchev–Trinajstić information content (AvgIpc) is 2.85. The fraction of sp³-hybridized carbons (Fsp3) is 0. The second kappa shape index (κ2) is 8.66. The quantitative estimate of drug-likeness (QED) is 0.271. The Bertz CT molecular complexity index is 1330. The van der Waals surface area contributed by atoms with E-state index in [1.54, 1.807) is 0 Å². The normalized spacial score (nSPS) is 10.7. The molecule has 0 saturated carbocycles. The van der Waals surface area contributed by atoms with Crippen LogP contribution in [0.25, 0.3) is 45.0 Å². The summed E-state index contributed by atoms with van der Waals surface area (Å²) in [5.74, 6) is 0.721. The number of rotatable bonds is 4. The molecule has 2 nitrogen and oxygen atoms in total. The van der Waals surface area contributed by atoms with Crippen molar-refractivity contribution in [2.75, 3.05) is 0 Å². The summed E-state index contributed by atoms with van der Waals surface area (Å²) in [5.41, 5.74) is 7.28. The van der Waals surface area contributed by atoms with Crippen LogP contribution >= 0.6 is 15.9 Å². The fourth-order valence-electron chi connectivity index (χ4n) is 3.60. The molecule has 3 heteroatoms. The van der Waals surface area contributed by atoms with E-state index in [1.165, 1.54) is 11.1 Å². The molecule has 0 bridgehead atoms. The maximum atomic E-state index is 4.93. The lowest BCUT2D eigenvalue weighted by Crippen LogP contribution is -1.96. The zero-order chi connectivity index (χ0) is 21.0. The molecule has 5 rings (SSSR count). The minimum atomic E-state index is 0.721. The molecule has 1 aromatic heterocycles. The molecule has 0 aliphatic heterocycles. The number of hydrogen-bond acceptors (Lipinski definition) is 2. The van der Waals surface area contributed by atoms with Crippen molar-refractivity contribution < 1.29 is 0 Å². The largest absolute Gasteiger partial charge is 0.228 e. The minimum Gasteiger partial charge on any atom is -0.228 e. The van der Waals surface area contributed by atoms with Gasteiger partial charge in [0.2, 0.25) is 0 Å². The summed E-state index contributed by atoms with van der Waals surface area (Å²) in [6.45, 7) is 0. The van der Waals surface area contributed by atoms with Crippen molar-refractivity contribution in [2.24, 2.45) is 0 Å². The Balaban J connectivity index is 1.67. The molecule has 148 valence electrons. The second-order valence-corrected chi connectivity index (χ2v) is 8.20. The van der Waals surface area contributed by atoms with Gasteiger partial charge in [0.1, 0.15) is 0 Å². The summed E-state index contributed by atoms with van der Waals surface area (Å²) in [7, 11) is 0. The van der Waals surface area contributed by atoms with Crippen molar-refractivity contribution in [3.63, 3.8) is 0 Å². The molecule has 0 aliphatic rings. The molecule has 0 amide bonds. The van der Waals surface area contributed by atoms with E-state index in [-0.39, 0.29) is 0 Å². The molecule has 0 unspecified atom stereocenters. The van der Waals surface area contributed by atoms with Crippen LogP contribution in [0.4, 0.5) is 0 Å². The van der Waals surface area contributed by atoms with E-state index in [2.05, 4.69) is 82.7 Å². The van der Waals surface area contributed by atoms with E-state index >= 15 is 0 Å². The minimum absolute atomic E-state index is 0.721. The van der Waals surface area contributed by atoms with Crippen LogP contribution < -0.4 is 0 Å². The number of aromatic nitrogens is 2. The summed E-state index contributed by atoms with van der Waals surface area (Å²) in [4.78, 5) is 9.82. The van der Waals surface area contributed by atoms with Crippen molar-refractivity contribution in [1.29, 1.82) is 0 Å². The van der Waals surface area contributed by atoms with Crippen LogP contribution in [0.15, 0.2) is 120 Å². The number of nitrogens with zero attached hydrogens (tertiary/aromatic N) is 2. The van der Waals surface area contributed by atoms with Gasteiger partial charge >= 0.3 is 0 Å². The molecular formula is C28H19BrN2. The summed E-state index contributed by atoms with van der Waals surface area (Å²) in [6.07, 6.45) is 0. The topological polar surface area (TPSA) is 25.8 Å². The molecule has 0 radical (unpaired) electrons. The van der Waals surface area contributed by atoms with Crippen molar-refractivity contribution >= 4 is 15.9 Å². The summed E-state index contributed by atoms with van der Waals surface area (Å²) >= 11 is 3.58. The molecule has 0 aliphatic carbocycles. The third-order valence-electron chi connectivity index (χ3n) is 5.14. The van der Waals surface area contributed by atoms with Gasteiger partial charge in [-0.1, -0.05) is 107 Å².